The number of aliphatic hydroxyl groups is 32. The molecule has 10 rings (SSSR count). The largest absolute Gasteiger partial charge is 0.477 e. The molecule has 55 atom stereocenters. The maximum atomic E-state index is 13.3. The summed E-state index contributed by atoms with van der Waals surface area (Å²) >= 11 is 0. The molecule has 0 saturated carbocycles. The van der Waals surface area contributed by atoms with Crippen LogP contribution in [0.15, 0.2) is 0 Å². The first-order valence-electron chi connectivity index (χ1n) is 46.4. The van der Waals surface area contributed by atoms with Gasteiger partial charge in [0.25, 0.3) is 5.79 Å². The van der Waals surface area contributed by atoms with E-state index in [1.54, 1.807) is 0 Å². The number of carbonyl (C=O) groups is 7. The van der Waals surface area contributed by atoms with Crippen molar-refractivity contribution in [1.29, 1.82) is 0 Å². The number of hydrogen-bond donors (Lipinski definition) is 39. The molecule has 39 N–H and O–H groups in total. The number of carboxylic acids is 1. The van der Waals surface area contributed by atoms with E-state index in [0.717, 1.165) is 34.6 Å². The van der Waals surface area contributed by atoms with Crippen molar-refractivity contribution >= 4 is 41.4 Å². The Hall–Kier alpha value is -5.79. The molecule has 0 spiro atoms. The SMILES string of the molecule is CC(=O)N[C@H]1[C@H](OC[C@H]2O[C@@H](O[C@@H]([C@@H](O)[C@H](O)CO)[C@H](CO)NC(C)=O)[C@H](O)[C@@H](O[C@@H]3O[C@H](CO)[C@@H](O[C@@H]4O[C@H](CO)[C@H](O)[C@H](O[C@@H]5O[C@H](CO)[C@@H](O[C@@H]6O[C@H](CO)[C@H](O)[C@H](O[C@@H]7O[C@H](CO)[C@@H](O[C@@H]8O[C@H](CO)[C@H](O)[C@H](O[C@]9(C(=O)O)C[C@H](O)[C@@H](NC(=O)CO)[C@H]([C@H](O)[C@H](O)CO)O9)[C@H]8O)[C@H](O)[C@H]7NC(C)=O)[C@H]6O)[C@H](O)[C@H]5NC(C)=O)[C@H]4O)[C@H](O)[C@H]3NC(C)=O)[C@H]2O)O[C@H](CO)[C@@H](O[C@@H]2O[C@H](CO)[C@H](O)[C@H](O)[C@H]2O)[C@@H]1O. The number of carboxylic acid groups (broad SMARTS) is 1. The van der Waals surface area contributed by atoms with Crippen LogP contribution in [-0.2, 0) is 128 Å². The van der Waals surface area contributed by atoms with E-state index < -0.39 is 470 Å². The second-order valence-electron chi connectivity index (χ2n) is 36.5. The van der Waals surface area contributed by atoms with Crippen LogP contribution in [0.4, 0.5) is 0 Å². The highest BCUT2D eigenvalue weighted by Gasteiger charge is 2.65. The fourth-order valence-electron chi connectivity index (χ4n) is 18.6. The van der Waals surface area contributed by atoms with Crippen LogP contribution >= 0.6 is 0 Å². The van der Waals surface area contributed by atoms with E-state index in [1.807, 2.05) is 0 Å². The maximum Gasteiger partial charge on any atom is 0.364 e. The first kappa shape index (κ1) is 123. The zero-order valence-corrected chi connectivity index (χ0v) is 78.9. The summed E-state index contributed by atoms with van der Waals surface area (Å²) in [6, 6.07) is -11.8. The Labute approximate surface area is 831 Å². The summed E-state index contributed by atoms with van der Waals surface area (Å²) in [5.41, 5.74) is 0. The van der Waals surface area contributed by atoms with Crippen molar-refractivity contribution in [3.63, 3.8) is 0 Å². The standard InChI is InChI=1S/C81H136N6O60/c1-20(100)82-25(7-88)61(44(109)27(106)8-89)138-78-59(124)69(50(115)37(137-78)19-128-71-40(83-21(2)101)51(116)62(33(14-95)133-71)139-75-56(121)55(120)46(111)29(10-91)129-75)145-74-43(86-24(5)104)53(118)64(35(16-97)136-74)141-77-57(122)67(47(112)30(11-92)131-77)143-72-41(84-22(3)102)52(117)63(34(15-96)134-72)140-76-58(123)68(48(113)31(12-93)130-76)144-73-42(85-23(4)103)54(119)65(36(17-98)135-73)142-79-60(125)70(49(114)32(13-94)132-79)147-81(80(126)127)6-26(105)39(87-38(108)18-99)66(146-81)45(110)28(107)9-90/h25-37,39-79,88-99,105-107,109-125H,6-19H2,1-5H3,(H,82,100)(H,83,101)(H,84,102)(H,85,103)(H,86,104)(H,87,108)(H,126,127)/t25-,26-,27+,28+,29+,30+,31+,32+,33+,34+,35+,36+,37+,39+,40+,41+,42+,43+,44-,45+,46-,47-,48-,49-,50-,51+,52+,53+,54+,55-,56+,57+,58+,59+,60+,61+,62+,63+,64+,65+,66+,67-,68-,69-,70-,71+,72-,73-,74-,75-,76-,77-,78-,79-,81-/m0/s1. The topological polar surface area (TPSA) is 1040 Å². The van der Waals surface area contributed by atoms with E-state index in [2.05, 4.69) is 31.9 Å². The molecule has 0 unspecified atom stereocenters. The van der Waals surface area contributed by atoms with E-state index in [0.29, 0.717) is 0 Å². The fourth-order valence-corrected chi connectivity index (χ4v) is 18.6. The summed E-state index contributed by atoms with van der Waals surface area (Å²) in [6.07, 6.45) is -107. The number of aliphatic hydroxyl groups excluding tert-OH is 32. The van der Waals surface area contributed by atoms with Gasteiger partial charge in [-0.1, -0.05) is 0 Å². The van der Waals surface area contributed by atoms with Crippen LogP contribution < -0.4 is 31.9 Å². The molecule has 0 aromatic rings. The lowest BCUT2D eigenvalue weighted by Crippen LogP contribution is -2.71. The lowest BCUT2D eigenvalue weighted by molar-refractivity contribution is -0.392. The minimum Gasteiger partial charge on any atom is -0.477 e. The molecule has 66 nitrogen and oxygen atoms in total. The number of carbonyl (C=O) groups excluding carboxylic acids is 6. The summed E-state index contributed by atoms with van der Waals surface area (Å²) < 4.78 is 118. The van der Waals surface area contributed by atoms with Crippen LogP contribution in [0, 0.1) is 0 Å². The molecule has 66 heteroatoms. The van der Waals surface area contributed by atoms with Gasteiger partial charge in [-0.2, -0.15) is 0 Å². The van der Waals surface area contributed by atoms with Gasteiger partial charge in [0.1, 0.15) is 263 Å². The predicted octanol–water partition coefficient (Wildman–Crippen LogP) is -26.3. The quantitative estimate of drug-likeness (QED) is 0.0269. The summed E-state index contributed by atoms with van der Waals surface area (Å²) in [7, 11) is 0. The normalized spacial score (nSPS) is 44.5. The van der Waals surface area contributed by atoms with Gasteiger partial charge in [-0.05, 0) is 0 Å². The van der Waals surface area contributed by atoms with Crippen LogP contribution in [0.5, 0.6) is 0 Å². The summed E-state index contributed by atoms with van der Waals surface area (Å²) in [4.78, 5) is 90.5. The van der Waals surface area contributed by atoms with Crippen LogP contribution in [-0.4, -0.2) is 633 Å². The van der Waals surface area contributed by atoms with Gasteiger partial charge in [-0.15, -0.1) is 0 Å². The molecular weight excluding hydrogens is 2020 g/mol. The number of aliphatic carboxylic acids is 1. The van der Waals surface area contributed by atoms with Crippen LogP contribution in [0.3, 0.4) is 0 Å². The highest BCUT2D eigenvalue weighted by atomic mass is 16.8. The summed E-state index contributed by atoms with van der Waals surface area (Å²) in [5.74, 6) is -11.8. The van der Waals surface area contributed by atoms with Crippen molar-refractivity contribution in [2.24, 2.45) is 0 Å². The van der Waals surface area contributed by atoms with E-state index in [9.17, 15) is 202 Å². The van der Waals surface area contributed by atoms with Crippen LogP contribution in [0.2, 0.25) is 0 Å². The molecule has 10 saturated heterocycles. The van der Waals surface area contributed by atoms with Gasteiger partial charge in [0, 0.05) is 41.0 Å². The second kappa shape index (κ2) is 54.5. The van der Waals surface area contributed by atoms with Gasteiger partial charge in [0.05, 0.1) is 97.5 Å². The van der Waals surface area contributed by atoms with Gasteiger partial charge in [-0.3, -0.25) is 28.8 Å². The van der Waals surface area contributed by atoms with Crippen molar-refractivity contribution in [1.82, 2.24) is 31.9 Å². The van der Waals surface area contributed by atoms with Crippen LogP contribution in [0.25, 0.3) is 0 Å². The highest BCUT2D eigenvalue weighted by molar-refractivity contribution is 5.78. The van der Waals surface area contributed by atoms with E-state index >= 15 is 0 Å². The Morgan fingerprint density at radius 1 is 0.320 bits per heavy atom. The van der Waals surface area contributed by atoms with Crippen molar-refractivity contribution in [2.75, 3.05) is 85.9 Å². The monoisotopic (exact) mass is 2150 g/mol. The molecule has 10 heterocycles. The van der Waals surface area contributed by atoms with Crippen molar-refractivity contribution in [2.45, 2.75) is 378 Å². The number of ether oxygens (including phenoxy) is 20. The highest BCUT2D eigenvalue weighted by Crippen LogP contribution is 2.43. The maximum absolute atomic E-state index is 13.3. The minimum absolute atomic E-state index is 0.867. The third-order valence-corrected chi connectivity index (χ3v) is 26.1. The molecule has 6 amide bonds. The molecule has 0 aliphatic carbocycles. The van der Waals surface area contributed by atoms with E-state index in [4.69, 9.17) is 94.7 Å². The first-order valence-corrected chi connectivity index (χ1v) is 46.4. The van der Waals surface area contributed by atoms with Gasteiger partial charge < -0.3 is 295 Å². The average molecular weight is 2150 g/mol. The number of nitrogens with one attached hydrogen (secondary N) is 6. The Balaban J connectivity index is 0.862. The van der Waals surface area contributed by atoms with Gasteiger partial charge >= 0.3 is 5.97 Å². The molecule has 850 valence electrons. The second-order valence-corrected chi connectivity index (χ2v) is 36.5. The lowest BCUT2D eigenvalue weighted by Gasteiger charge is -2.51. The Morgan fingerprint density at radius 3 is 0.973 bits per heavy atom. The van der Waals surface area contributed by atoms with Gasteiger partial charge in [0.2, 0.25) is 35.4 Å². The molecule has 10 aliphatic rings. The van der Waals surface area contributed by atoms with E-state index in [-0.39, 0.29) is 0 Å². The van der Waals surface area contributed by atoms with Crippen molar-refractivity contribution in [3.8, 4) is 0 Å². The molecular formula is C81H136N6O60. The Bertz CT molecular complexity index is 4130. The first-order chi connectivity index (χ1) is 69.4. The Kier molecular flexibility index (Phi) is 45.6. The molecule has 0 aromatic carbocycles. The molecule has 147 heavy (non-hydrogen) atoms. The molecule has 0 bridgehead atoms. The Morgan fingerprint density at radius 2 is 0.633 bits per heavy atom. The molecule has 10 fully saturated rings. The molecule has 0 radical (unpaired) electrons. The van der Waals surface area contributed by atoms with Crippen LogP contribution in [0.1, 0.15) is 41.0 Å². The average Bonchev–Trinajstić information content (AvgIpc) is 0.757. The van der Waals surface area contributed by atoms with Gasteiger partial charge in [0.15, 0.2) is 56.6 Å². The van der Waals surface area contributed by atoms with Crippen molar-refractivity contribution in [3.05, 3.63) is 0 Å². The zero-order valence-electron chi connectivity index (χ0n) is 78.9. The number of amides is 6. The fraction of sp³-hybridized carbons (Fsp3) is 0.914. The number of hydrogen-bond acceptors (Lipinski definition) is 59. The summed E-state index contributed by atoms with van der Waals surface area (Å²) in [6.45, 7) is -11.1. The third-order valence-electron chi connectivity index (χ3n) is 26.1. The minimum atomic E-state index is -3.36. The third kappa shape index (κ3) is 28.2. The van der Waals surface area contributed by atoms with E-state index in [1.165, 1.54) is 0 Å². The number of rotatable bonds is 45. The lowest BCUT2D eigenvalue weighted by atomic mass is 9.88. The smallest absolute Gasteiger partial charge is 0.364 e. The molecule has 10 aliphatic heterocycles. The van der Waals surface area contributed by atoms with Gasteiger partial charge in [-0.25, -0.2) is 4.79 Å². The predicted molar refractivity (Wildman–Crippen MR) is 453 cm³/mol. The zero-order chi connectivity index (χ0) is 109. The summed E-state index contributed by atoms with van der Waals surface area (Å²) in [5, 5.41) is 381. The molecule has 0 aromatic heterocycles. The van der Waals surface area contributed by atoms with Crippen molar-refractivity contribution < 1.29 is 297 Å².